The van der Waals surface area contributed by atoms with Gasteiger partial charge in [-0.15, -0.1) is 10.2 Å². The van der Waals surface area contributed by atoms with E-state index < -0.39 is 21.4 Å². The average Bonchev–Trinajstić information content (AvgIpc) is 3.05. The Kier molecular flexibility index (Phi) is 6.95. The smallest absolute Gasteiger partial charge is 0.240 e. The van der Waals surface area contributed by atoms with Crippen molar-refractivity contribution in [2.45, 2.75) is 56.9 Å². The Morgan fingerprint density at radius 1 is 1.27 bits per heavy atom. The number of halogens is 1. The van der Waals surface area contributed by atoms with Crippen LogP contribution in [-0.2, 0) is 14.8 Å². The van der Waals surface area contributed by atoms with Crippen molar-refractivity contribution in [3.63, 3.8) is 0 Å². The van der Waals surface area contributed by atoms with Gasteiger partial charge in [-0.05, 0) is 39.5 Å². The van der Waals surface area contributed by atoms with Crippen LogP contribution >= 0.6 is 11.6 Å². The van der Waals surface area contributed by atoms with Gasteiger partial charge in [0.1, 0.15) is 17.2 Å². The largest absolute Gasteiger partial charge is 0.396 e. The molecule has 0 saturated heterocycles. The van der Waals surface area contributed by atoms with E-state index in [2.05, 4.69) is 24.9 Å². The van der Waals surface area contributed by atoms with E-state index in [4.69, 9.17) is 16.3 Å². The Morgan fingerprint density at radius 2 is 1.90 bits per heavy atom. The zero-order chi connectivity index (χ0) is 22.1. The fourth-order valence-electron chi connectivity index (χ4n) is 3.62. The SMILES string of the molecule is COC(c1ncc(Cl)cn1)C(C)S(=O)(=O)Nc1nnc(C2CC(CO)C2)n1C(C)C. The maximum Gasteiger partial charge on any atom is 0.240 e. The van der Waals surface area contributed by atoms with E-state index >= 15 is 0 Å². The lowest BCUT2D eigenvalue weighted by atomic mass is 9.75. The molecule has 30 heavy (non-hydrogen) atoms. The first-order chi connectivity index (χ1) is 14.2. The van der Waals surface area contributed by atoms with Crippen molar-refractivity contribution in [1.29, 1.82) is 0 Å². The molecule has 2 N–H and O–H groups in total. The lowest BCUT2D eigenvalue weighted by Gasteiger charge is -2.34. The maximum atomic E-state index is 13.1. The van der Waals surface area contributed by atoms with Crippen LogP contribution in [0, 0.1) is 5.92 Å². The van der Waals surface area contributed by atoms with Crippen molar-refractivity contribution in [2.24, 2.45) is 5.92 Å². The summed E-state index contributed by atoms with van der Waals surface area (Å²) < 4.78 is 35.9. The van der Waals surface area contributed by atoms with Gasteiger partial charge in [-0.1, -0.05) is 11.6 Å². The molecule has 0 bridgehead atoms. The van der Waals surface area contributed by atoms with Gasteiger partial charge in [-0.2, -0.15) is 0 Å². The zero-order valence-corrected chi connectivity index (χ0v) is 18.9. The van der Waals surface area contributed by atoms with Crippen LogP contribution < -0.4 is 4.72 Å². The van der Waals surface area contributed by atoms with Crippen molar-refractivity contribution in [3.8, 4) is 0 Å². The number of rotatable bonds is 9. The van der Waals surface area contributed by atoms with Crippen LogP contribution in [0.4, 0.5) is 5.95 Å². The second kappa shape index (κ2) is 9.13. The summed E-state index contributed by atoms with van der Waals surface area (Å²) >= 11 is 5.82. The Hall–Kier alpha value is -1.82. The topological polar surface area (TPSA) is 132 Å². The van der Waals surface area contributed by atoms with Crippen LogP contribution in [0.1, 0.15) is 63.3 Å². The summed E-state index contributed by atoms with van der Waals surface area (Å²) in [6.07, 6.45) is 3.51. The third kappa shape index (κ3) is 4.58. The fourth-order valence-corrected chi connectivity index (χ4v) is 4.85. The maximum absolute atomic E-state index is 13.1. The van der Waals surface area contributed by atoms with Crippen LogP contribution in [-0.4, -0.2) is 57.2 Å². The highest BCUT2D eigenvalue weighted by Crippen LogP contribution is 2.42. The Bertz CT molecular complexity index is 960. The molecule has 2 atom stereocenters. The van der Waals surface area contributed by atoms with Crippen molar-refractivity contribution >= 4 is 27.6 Å². The molecule has 2 aromatic heterocycles. The number of ether oxygens (including phenoxy) is 1. The molecule has 1 aliphatic rings. The highest BCUT2D eigenvalue weighted by molar-refractivity contribution is 7.93. The summed E-state index contributed by atoms with van der Waals surface area (Å²) in [5.74, 6) is 1.52. The quantitative estimate of drug-likeness (QED) is 0.584. The van der Waals surface area contributed by atoms with Gasteiger partial charge >= 0.3 is 0 Å². The van der Waals surface area contributed by atoms with Crippen LogP contribution in [0.2, 0.25) is 5.02 Å². The minimum atomic E-state index is -3.91. The van der Waals surface area contributed by atoms with Crippen molar-refractivity contribution in [1.82, 2.24) is 24.7 Å². The minimum Gasteiger partial charge on any atom is -0.396 e. The van der Waals surface area contributed by atoms with Gasteiger partial charge in [0.25, 0.3) is 0 Å². The standard InChI is InChI=1S/C18H27ClN6O4S/c1-10(2)25-17(13-5-12(6-13)9-26)22-23-18(25)24-30(27,28)11(3)15(29-4)16-20-7-14(19)8-21-16/h7-8,10-13,15,26H,5-6,9H2,1-4H3,(H,23,24). The second-order valence-corrected chi connectivity index (χ2v) is 10.3. The van der Waals surface area contributed by atoms with E-state index in [-0.39, 0.29) is 36.3 Å². The molecule has 0 radical (unpaired) electrons. The first-order valence-corrected chi connectivity index (χ1v) is 11.7. The third-order valence-corrected chi connectivity index (χ3v) is 7.28. The van der Waals surface area contributed by atoms with E-state index in [1.165, 1.54) is 26.4 Å². The van der Waals surface area contributed by atoms with Gasteiger partial charge < -0.3 is 9.84 Å². The van der Waals surface area contributed by atoms with Crippen LogP contribution in [0.25, 0.3) is 0 Å². The van der Waals surface area contributed by atoms with E-state index in [0.29, 0.717) is 5.02 Å². The summed E-state index contributed by atoms with van der Waals surface area (Å²) in [6, 6.07) is -0.0472. The zero-order valence-electron chi connectivity index (χ0n) is 17.4. The number of anilines is 1. The number of aliphatic hydroxyl groups is 1. The molecule has 3 rings (SSSR count). The highest BCUT2D eigenvalue weighted by atomic mass is 35.5. The van der Waals surface area contributed by atoms with Gasteiger partial charge in [0.15, 0.2) is 5.82 Å². The third-order valence-electron chi connectivity index (χ3n) is 5.40. The van der Waals surface area contributed by atoms with Crippen LogP contribution in [0.15, 0.2) is 12.4 Å². The molecule has 0 aliphatic heterocycles. The summed E-state index contributed by atoms with van der Waals surface area (Å²) in [7, 11) is -2.51. The average molecular weight is 459 g/mol. The molecule has 12 heteroatoms. The number of hydrogen-bond acceptors (Lipinski definition) is 8. The second-order valence-electron chi connectivity index (χ2n) is 7.83. The Balaban J connectivity index is 1.83. The van der Waals surface area contributed by atoms with Gasteiger partial charge in [0.05, 0.1) is 5.02 Å². The first kappa shape index (κ1) is 22.9. The van der Waals surface area contributed by atoms with Crippen LogP contribution in [0.5, 0.6) is 0 Å². The van der Waals surface area contributed by atoms with Gasteiger partial charge in [-0.3, -0.25) is 9.29 Å². The van der Waals surface area contributed by atoms with E-state index in [0.717, 1.165) is 18.7 Å². The van der Waals surface area contributed by atoms with E-state index in [1.807, 2.05) is 13.8 Å². The monoisotopic (exact) mass is 458 g/mol. The van der Waals surface area contributed by atoms with Gasteiger partial charge in [0, 0.05) is 38.1 Å². The molecule has 1 saturated carbocycles. The molecule has 166 valence electrons. The van der Waals surface area contributed by atoms with E-state index in [1.54, 1.807) is 4.57 Å². The number of sulfonamides is 1. The molecule has 0 aromatic carbocycles. The number of nitrogens with one attached hydrogen (secondary N) is 1. The molecule has 2 aromatic rings. The van der Waals surface area contributed by atoms with Gasteiger partial charge in [-0.25, -0.2) is 18.4 Å². The summed E-state index contributed by atoms with van der Waals surface area (Å²) in [4.78, 5) is 8.17. The summed E-state index contributed by atoms with van der Waals surface area (Å²) in [5, 5.41) is 16.9. The number of hydrogen-bond donors (Lipinski definition) is 2. The van der Waals surface area contributed by atoms with Crippen molar-refractivity contribution in [3.05, 3.63) is 29.1 Å². The molecule has 1 aliphatic carbocycles. The lowest BCUT2D eigenvalue weighted by molar-refractivity contribution is 0.0950. The number of aliphatic hydroxyl groups excluding tert-OH is 1. The highest BCUT2D eigenvalue weighted by Gasteiger charge is 2.37. The molecule has 10 nitrogen and oxygen atoms in total. The predicted octanol–water partition coefficient (Wildman–Crippen LogP) is 2.31. The number of nitrogens with zero attached hydrogens (tertiary/aromatic N) is 5. The molecule has 0 amide bonds. The predicted molar refractivity (Wildman–Crippen MR) is 112 cm³/mol. The number of aromatic nitrogens is 5. The minimum absolute atomic E-state index is 0.0472. The van der Waals surface area contributed by atoms with Crippen molar-refractivity contribution in [2.75, 3.05) is 18.4 Å². The fraction of sp³-hybridized carbons (Fsp3) is 0.667. The molecular formula is C18H27ClN6O4S. The molecular weight excluding hydrogens is 432 g/mol. The number of methoxy groups -OCH3 is 1. The van der Waals surface area contributed by atoms with Crippen LogP contribution in [0.3, 0.4) is 0 Å². The Morgan fingerprint density at radius 3 is 2.43 bits per heavy atom. The van der Waals surface area contributed by atoms with E-state index in [9.17, 15) is 13.5 Å². The molecule has 2 heterocycles. The Labute approximate surface area is 181 Å². The first-order valence-electron chi connectivity index (χ1n) is 9.75. The normalized spacial score (nSPS) is 21.3. The molecule has 1 fully saturated rings. The molecule has 2 unspecified atom stereocenters. The van der Waals surface area contributed by atoms with Gasteiger partial charge in [0.2, 0.25) is 16.0 Å². The lowest BCUT2D eigenvalue weighted by Crippen LogP contribution is -2.34. The molecule has 0 spiro atoms. The van der Waals surface area contributed by atoms with Crippen molar-refractivity contribution < 1.29 is 18.3 Å². The summed E-state index contributed by atoms with van der Waals surface area (Å²) in [6.45, 7) is 5.54. The summed E-state index contributed by atoms with van der Waals surface area (Å²) in [5.41, 5.74) is 0.